The van der Waals surface area contributed by atoms with Gasteiger partial charge < -0.3 is 20.8 Å². The van der Waals surface area contributed by atoms with Gasteiger partial charge in [-0.15, -0.1) is 0 Å². The summed E-state index contributed by atoms with van der Waals surface area (Å²) in [6.45, 7) is 0. The van der Waals surface area contributed by atoms with Gasteiger partial charge in [0.2, 0.25) is 5.43 Å². The first-order valence-corrected chi connectivity index (χ1v) is 7.93. The lowest BCUT2D eigenvalue weighted by Crippen LogP contribution is -2.24. The Morgan fingerprint density at radius 3 is 2.60 bits per heavy atom. The van der Waals surface area contributed by atoms with E-state index in [1.165, 1.54) is 13.2 Å². The third kappa shape index (κ3) is 3.14. The Labute approximate surface area is 152 Å². The molecule has 128 valence electrons. The van der Waals surface area contributed by atoms with Crippen molar-refractivity contribution in [3.63, 3.8) is 0 Å². The van der Waals surface area contributed by atoms with E-state index < -0.39 is 11.3 Å². The van der Waals surface area contributed by atoms with Gasteiger partial charge in [-0.3, -0.25) is 9.59 Å². The Hall–Kier alpha value is -2.70. The van der Waals surface area contributed by atoms with Crippen molar-refractivity contribution in [2.24, 2.45) is 5.73 Å². The third-order valence-electron chi connectivity index (χ3n) is 3.64. The summed E-state index contributed by atoms with van der Waals surface area (Å²) in [7, 11) is 1.54. The zero-order valence-electron chi connectivity index (χ0n) is 13.0. The highest BCUT2D eigenvalue weighted by atomic mass is 35.5. The molecule has 25 heavy (non-hydrogen) atoms. The van der Waals surface area contributed by atoms with Crippen LogP contribution in [0.1, 0.15) is 10.4 Å². The fourth-order valence-electron chi connectivity index (χ4n) is 2.50. The van der Waals surface area contributed by atoms with Crippen molar-refractivity contribution < 1.29 is 9.53 Å². The van der Waals surface area contributed by atoms with Crippen molar-refractivity contribution in [2.45, 2.75) is 0 Å². The van der Waals surface area contributed by atoms with Crippen molar-refractivity contribution in [3.8, 4) is 5.75 Å². The largest absolute Gasteiger partial charge is 0.497 e. The first-order valence-electron chi connectivity index (χ1n) is 7.17. The van der Waals surface area contributed by atoms with Crippen molar-refractivity contribution >= 4 is 51.5 Å². The molecule has 0 aliphatic carbocycles. The molecule has 0 fully saturated rings. The van der Waals surface area contributed by atoms with Crippen LogP contribution >= 0.6 is 23.2 Å². The molecule has 0 atom stereocenters. The molecule has 6 nitrogen and oxygen atoms in total. The Morgan fingerprint density at radius 1 is 1.20 bits per heavy atom. The quantitative estimate of drug-likeness (QED) is 0.645. The molecule has 2 aromatic carbocycles. The van der Waals surface area contributed by atoms with Crippen molar-refractivity contribution in [1.29, 1.82) is 0 Å². The molecule has 0 unspecified atom stereocenters. The molecule has 0 spiro atoms. The molecule has 0 saturated carbocycles. The first kappa shape index (κ1) is 17.1. The van der Waals surface area contributed by atoms with Crippen LogP contribution in [0.3, 0.4) is 0 Å². The molecule has 3 aromatic rings. The third-order valence-corrected chi connectivity index (χ3v) is 4.27. The number of carbonyl (C=O) groups is 1. The van der Waals surface area contributed by atoms with Crippen LogP contribution in [-0.2, 0) is 0 Å². The second-order valence-electron chi connectivity index (χ2n) is 5.20. The van der Waals surface area contributed by atoms with Crippen LogP contribution in [0.2, 0.25) is 10.0 Å². The number of hydrogen-bond acceptors (Lipinski definition) is 4. The Balaban J connectivity index is 2.26. The second kappa shape index (κ2) is 6.66. The van der Waals surface area contributed by atoms with Gasteiger partial charge >= 0.3 is 0 Å². The molecule has 1 heterocycles. The van der Waals surface area contributed by atoms with Gasteiger partial charge in [0.05, 0.1) is 28.1 Å². The predicted molar refractivity (Wildman–Crippen MR) is 99.4 cm³/mol. The number of fused-ring (bicyclic) bond motifs is 1. The van der Waals surface area contributed by atoms with Gasteiger partial charge in [-0.05, 0) is 24.3 Å². The molecule has 1 aromatic heterocycles. The van der Waals surface area contributed by atoms with Gasteiger partial charge in [0, 0.05) is 11.8 Å². The summed E-state index contributed by atoms with van der Waals surface area (Å²) >= 11 is 12.3. The molecule has 0 bridgehead atoms. The van der Waals surface area contributed by atoms with Gasteiger partial charge in [0.25, 0.3) is 5.91 Å². The van der Waals surface area contributed by atoms with Crippen LogP contribution in [0.15, 0.2) is 41.2 Å². The maximum absolute atomic E-state index is 12.7. The predicted octanol–water partition coefficient (Wildman–Crippen LogP) is 3.69. The van der Waals surface area contributed by atoms with Crippen molar-refractivity contribution in [1.82, 2.24) is 4.98 Å². The van der Waals surface area contributed by atoms with E-state index in [0.29, 0.717) is 22.0 Å². The SMILES string of the molecule is COc1cccc(Nc2[nH]c3c(Cl)ccc(Cl)c3c(=O)c2C(N)=O)c1. The van der Waals surface area contributed by atoms with Crippen LogP contribution in [-0.4, -0.2) is 18.0 Å². The molecular weight excluding hydrogens is 365 g/mol. The molecule has 1 amide bonds. The second-order valence-corrected chi connectivity index (χ2v) is 6.02. The fourth-order valence-corrected chi connectivity index (χ4v) is 2.94. The number of halogens is 2. The van der Waals surface area contributed by atoms with Crippen molar-refractivity contribution in [3.05, 3.63) is 62.2 Å². The lowest BCUT2D eigenvalue weighted by Gasteiger charge is -2.13. The summed E-state index contributed by atoms with van der Waals surface area (Å²) in [6.07, 6.45) is 0. The highest BCUT2D eigenvalue weighted by molar-refractivity contribution is 6.40. The summed E-state index contributed by atoms with van der Waals surface area (Å²) in [6, 6.07) is 10.0. The average Bonchev–Trinajstić information content (AvgIpc) is 2.58. The number of aromatic nitrogens is 1. The minimum absolute atomic E-state index is 0.110. The minimum atomic E-state index is -0.885. The van der Waals surface area contributed by atoms with E-state index in [1.54, 1.807) is 30.3 Å². The van der Waals surface area contributed by atoms with Gasteiger partial charge in [-0.2, -0.15) is 0 Å². The lowest BCUT2D eigenvalue weighted by molar-refractivity contribution is 0.1000. The van der Waals surface area contributed by atoms with E-state index in [-0.39, 0.29) is 21.8 Å². The number of amides is 1. The number of rotatable bonds is 4. The monoisotopic (exact) mass is 377 g/mol. The molecule has 0 aliphatic heterocycles. The smallest absolute Gasteiger partial charge is 0.256 e. The number of methoxy groups -OCH3 is 1. The Morgan fingerprint density at radius 2 is 1.92 bits per heavy atom. The number of ether oxygens (including phenoxy) is 1. The number of carbonyl (C=O) groups excluding carboxylic acids is 1. The molecule has 0 saturated heterocycles. The number of pyridine rings is 1. The van der Waals surface area contributed by atoms with Crippen LogP contribution in [0.5, 0.6) is 5.75 Å². The number of nitrogens with one attached hydrogen (secondary N) is 2. The zero-order chi connectivity index (χ0) is 18.1. The summed E-state index contributed by atoms with van der Waals surface area (Å²) in [4.78, 5) is 27.5. The Kier molecular flexibility index (Phi) is 4.57. The van der Waals surface area contributed by atoms with Gasteiger partial charge in [0.1, 0.15) is 17.1 Å². The fraction of sp³-hybridized carbons (Fsp3) is 0.0588. The molecule has 0 aliphatic rings. The maximum atomic E-state index is 12.7. The number of primary amides is 1. The zero-order valence-corrected chi connectivity index (χ0v) is 14.5. The highest BCUT2D eigenvalue weighted by Crippen LogP contribution is 2.29. The number of aromatic amines is 1. The summed E-state index contributed by atoms with van der Waals surface area (Å²) in [5.41, 5.74) is 5.48. The maximum Gasteiger partial charge on any atom is 0.256 e. The minimum Gasteiger partial charge on any atom is -0.497 e. The number of nitrogens with two attached hydrogens (primary N) is 1. The lowest BCUT2D eigenvalue weighted by atomic mass is 10.1. The van der Waals surface area contributed by atoms with Crippen LogP contribution in [0.25, 0.3) is 10.9 Å². The van der Waals surface area contributed by atoms with E-state index in [4.69, 9.17) is 33.7 Å². The average molecular weight is 378 g/mol. The summed E-state index contributed by atoms with van der Waals surface area (Å²) < 4.78 is 5.16. The van der Waals surface area contributed by atoms with Gasteiger partial charge in [0.15, 0.2) is 0 Å². The summed E-state index contributed by atoms with van der Waals surface area (Å²) in [5.74, 6) is -0.151. The van der Waals surface area contributed by atoms with E-state index >= 15 is 0 Å². The number of H-pyrrole nitrogens is 1. The molecular formula is C17H13Cl2N3O3. The van der Waals surface area contributed by atoms with E-state index in [2.05, 4.69) is 10.3 Å². The van der Waals surface area contributed by atoms with E-state index in [1.807, 2.05) is 0 Å². The number of benzene rings is 2. The first-order chi connectivity index (χ1) is 11.9. The molecule has 8 heteroatoms. The number of anilines is 2. The standard InChI is InChI=1S/C17H13Cl2N3O3/c1-25-9-4-2-3-8(7-9)21-17-13(16(20)24)15(23)12-10(18)5-6-11(19)14(12)22-17/h2-7H,1H3,(H2,20,24)(H2,21,22,23). The van der Waals surface area contributed by atoms with Gasteiger partial charge in [-0.1, -0.05) is 29.3 Å². The molecule has 3 rings (SSSR count). The van der Waals surface area contributed by atoms with E-state index in [9.17, 15) is 9.59 Å². The van der Waals surface area contributed by atoms with E-state index in [0.717, 1.165) is 0 Å². The highest BCUT2D eigenvalue weighted by Gasteiger charge is 2.20. The van der Waals surface area contributed by atoms with Crippen molar-refractivity contribution in [2.75, 3.05) is 12.4 Å². The normalized spacial score (nSPS) is 10.7. The topological polar surface area (TPSA) is 97.2 Å². The number of hydrogen-bond donors (Lipinski definition) is 3. The van der Waals surface area contributed by atoms with Crippen LogP contribution < -0.4 is 21.2 Å². The molecule has 0 radical (unpaired) electrons. The summed E-state index contributed by atoms with van der Waals surface area (Å²) in [5, 5.41) is 3.55. The Bertz CT molecular complexity index is 1050. The van der Waals surface area contributed by atoms with Crippen LogP contribution in [0, 0.1) is 0 Å². The van der Waals surface area contributed by atoms with Crippen LogP contribution in [0.4, 0.5) is 11.5 Å². The molecule has 4 N–H and O–H groups in total. The van der Waals surface area contributed by atoms with Gasteiger partial charge in [-0.25, -0.2) is 0 Å².